The number of nitrogens with two attached hydrogens (primary N) is 1. The summed E-state index contributed by atoms with van der Waals surface area (Å²) < 4.78 is 0. The maximum Gasteiger partial charge on any atom is 0.0407 e. The zero-order valence-electron chi connectivity index (χ0n) is 9.64. The minimum atomic E-state index is 0.721. The predicted molar refractivity (Wildman–Crippen MR) is 70.6 cm³/mol. The van der Waals surface area contributed by atoms with Crippen LogP contribution in [0.5, 0.6) is 0 Å². The topological polar surface area (TPSA) is 38.9 Å². The molecule has 2 nitrogen and oxygen atoms in total. The maximum absolute atomic E-state index is 5.56. The van der Waals surface area contributed by atoms with E-state index in [1.54, 1.807) is 36.7 Å². The molecule has 2 N–H and O–H groups in total. The number of nitrogens with zero attached hydrogens (tertiary/aromatic N) is 1. The third kappa shape index (κ3) is 11.3. The quantitative estimate of drug-likeness (QED) is 0.583. The van der Waals surface area contributed by atoms with Crippen molar-refractivity contribution in [2.24, 2.45) is 0 Å². The van der Waals surface area contributed by atoms with Crippen molar-refractivity contribution in [1.82, 2.24) is 4.98 Å². The van der Waals surface area contributed by atoms with Crippen molar-refractivity contribution in [2.75, 3.05) is 5.73 Å². The van der Waals surface area contributed by atoms with E-state index in [-0.39, 0.29) is 0 Å². The second kappa shape index (κ2) is 11.6. The van der Waals surface area contributed by atoms with Gasteiger partial charge in [-0.3, -0.25) is 4.98 Å². The number of benzene rings is 1. The number of pyridine rings is 1. The molecule has 0 unspecified atom stereocenters. The Morgan fingerprint density at radius 1 is 1.12 bits per heavy atom. The minimum Gasteiger partial charge on any atom is -0.399 e. The fourth-order valence-electron chi connectivity index (χ4n) is 0.775. The van der Waals surface area contributed by atoms with Crippen molar-refractivity contribution in [2.45, 2.75) is 11.9 Å². The minimum absolute atomic E-state index is 0.721. The van der Waals surface area contributed by atoms with Crippen LogP contribution in [0.3, 0.4) is 0 Å². The van der Waals surface area contributed by atoms with Gasteiger partial charge in [0.1, 0.15) is 0 Å². The van der Waals surface area contributed by atoms with Crippen LogP contribution in [0.15, 0.2) is 54.9 Å². The smallest absolute Gasteiger partial charge is 0.0407 e. The molecule has 0 bridgehead atoms. The van der Waals surface area contributed by atoms with E-state index >= 15 is 0 Å². The van der Waals surface area contributed by atoms with Crippen LogP contribution >= 0.6 is 11.6 Å². The van der Waals surface area contributed by atoms with Gasteiger partial charge in [-0.2, -0.15) is 0 Å². The second-order valence-electron chi connectivity index (χ2n) is 2.81. The van der Waals surface area contributed by atoms with Gasteiger partial charge in [0.15, 0.2) is 0 Å². The molecular weight excluding hydrogens is 323 g/mol. The van der Waals surface area contributed by atoms with Gasteiger partial charge in [-0.05, 0) is 36.4 Å². The Labute approximate surface area is 118 Å². The predicted octanol–water partition coefficient (Wildman–Crippen LogP) is 3.98. The van der Waals surface area contributed by atoms with Crippen molar-refractivity contribution in [3.05, 3.63) is 59.9 Å². The van der Waals surface area contributed by atoms with Crippen molar-refractivity contribution in [1.29, 1.82) is 0 Å². The van der Waals surface area contributed by atoms with Crippen LogP contribution in [0.2, 0.25) is 10.0 Å². The van der Waals surface area contributed by atoms with Gasteiger partial charge in [0.2, 0.25) is 0 Å². The van der Waals surface area contributed by atoms with E-state index in [2.05, 4.69) is 30.2 Å². The first kappa shape index (κ1) is 16.1. The standard InChI is InChI=1S/C6H6ClN.C5H5N.C2H5.Rh/c7-5-1-3-6(8)4-2-5;1-2-4-6-5-3-1;1-2;/h1-4H,8H2;1-5H;1H2,2H3;. The number of halogens is 1. The zero-order chi connectivity index (χ0) is 12.9. The van der Waals surface area contributed by atoms with Gasteiger partial charge in [-0.25, -0.2) is 0 Å². The molecule has 4 heteroatoms. The van der Waals surface area contributed by atoms with E-state index in [4.69, 9.17) is 17.3 Å². The van der Waals surface area contributed by atoms with Crippen LogP contribution in [-0.2, 0) is 18.3 Å². The Kier molecular flexibility index (Phi) is 10.9. The van der Waals surface area contributed by atoms with Crippen molar-refractivity contribution in [3.8, 4) is 0 Å². The third-order valence-electron chi connectivity index (χ3n) is 1.44. The van der Waals surface area contributed by atoms with E-state index in [1.807, 2.05) is 18.2 Å². The first-order chi connectivity index (χ1) is 8.20. The molecular formula is C13H16ClN2Rh. The molecule has 2 rings (SSSR count). The van der Waals surface area contributed by atoms with E-state index in [0.29, 0.717) is 0 Å². The van der Waals surface area contributed by atoms with E-state index in [0.717, 1.165) is 15.7 Å². The summed E-state index contributed by atoms with van der Waals surface area (Å²) in [5, 5.41) is 1.86. The Bertz CT molecular complexity index is 317. The molecule has 0 aliphatic carbocycles. The van der Waals surface area contributed by atoms with Crippen LogP contribution in [0.1, 0.15) is 6.92 Å². The summed E-state index contributed by atoms with van der Waals surface area (Å²) in [6.07, 6.45) is 3.50. The Hall–Kier alpha value is -0.917. The number of nitrogen functional groups attached to an aromatic ring is 1. The summed E-state index contributed by atoms with van der Waals surface area (Å²) in [6.45, 7) is 2.08. The largest absolute Gasteiger partial charge is 0.399 e. The average Bonchev–Trinajstić information content (AvgIpc) is 2.37. The number of hydrogen-bond acceptors (Lipinski definition) is 2. The summed E-state index contributed by atoms with van der Waals surface area (Å²) in [6, 6.07) is 12.8. The third-order valence-corrected chi connectivity index (χ3v) is 1.69. The molecule has 0 fully saturated rings. The normalized spacial score (nSPS) is 8.24. The second-order valence-corrected chi connectivity index (χ2v) is 4.41. The molecule has 1 aromatic heterocycles. The zero-order valence-corrected chi connectivity index (χ0v) is 12.0. The molecule has 0 amide bonds. The van der Waals surface area contributed by atoms with Crippen LogP contribution in [0.25, 0.3) is 0 Å². The SMILES string of the molecule is C[CH2][Rh].Nc1ccc(Cl)cc1.c1ccncc1. The van der Waals surface area contributed by atoms with Crippen LogP contribution in [-0.4, -0.2) is 4.98 Å². The number of hydrogen-bond donors (Lipinski definition) is 1. The first-order valence-corrected chi connectivity index (χ1v) is 6.63. The number of anilines is 1. The molecule has 94 valence electrons. The molecule has 0 radical (unpaired) electrons. The van der Waals surface area contributed by atoms with Crippen molar-refractivity contribution < 1.29 is 18.3 Å². The molecule has 1 aromatic carbocycles. The monoisotopic (exact) mass is 338 g/mol. The van der Waals surface area contributed by atoms with Crippen molar-refractivity contribution >= 4 is 17.3 Å². The molecule has 0 saturated heterocycles. The summed E-state index contributed by atoms with van der Waals surface area (Å²) in [4.78, 5) is 3.78. The van der Waals surface area contributed by atoms with Gasteiger partial charge in [0, 0.05) is 23.1 Å². The number of rotatable bonds is 0. The molecule has 0 saturated carbocycles. The van der Waals surface area contributed by atoms with E-state index in [1.165, 1.54) is 0 Å². The van der Waals surface area contributed by atoms with Gasteiger partial charge in [-0.1, -0.05) is 17.7 Å². The van der Waals surface area contributed by atoms with Crippen LogP contribution < -0.4 is 5.73 Å². The fourth-order valence-corrected chi connectivity index (χ4v) is 0.901. The first-order valence-electron chi connectivity index (χ1n) is 5.09. The summed E-state index contributed by atoms with van der Waals surface area (Å²) in [5.74, 6) is 0. The molecule has 2 aromatic rings. The van der Waals surface area contributed by atoms with Crippen LogP contribution in [0.4, 0.5) is 5.69 Å². The summed E-state index contributed by atoms with van der Waals surface area (Å²) >= 11 is 8.28. The molecule has 0 atom stereocenters. The Morgan fingerprint density at radius 3 is 1.82 bits per heavy atom. The average molecular weight is 339 g/mol. The van der Waals surface area contributed by atoms with Gasteiger partial charge in [-0.15, -0.1) is 0 Å². The van der Waals surface area contributed by atoms with Gasteiger partial charge < -0.3 is 5.73 Å². The van der Waals surface area contributed by atoms with E-state index < -0.39 is 0 Å². The van der Waals surface area contributed by atoms with Gasteiger partial charge >= 0.3 is 30.2 Å². The molecule has 1 heterocycles. The van der Waals surface area contributed by atoms with Crippen LogP contribution in [0, 0.1) is 0 Å². The Morgan fingerprint density at radius 2 is 1.59 bits per heavy atom. The summed E-state index contributed by atoms with van der Waals surface area (Å²) in [5.41, 5.74) is 6.11. The Balaban J connectivity index is 0.000000252. The van der Waals surface area contributed by atoms with Gasteiger partial charge in [0.25, 0.3) is 0 Å². The van der Waals surface area contributed by atoms with Gasteiger partial charge in [0.05, 0.1) is 0 Å². The molecule has 0 aliphatic heterocycles. The molecule has 17 heavy (non-hydrogen) atoms. The fraction of sp³-hybridized carbons (Fsp3) is 0.154. The molecule has 0 aliphatic rings. The maximum atomic E-state index is 5.56. The summed E-state index contributed by atoms with van der Waals surface area (Å²) in [7, 11) is 0. The molecule has 0 spiro atoms. The van der Waals surface area contributed by atoms with E-state index in [9.17, 15) is 0 Å². The van der Waals surface area contributed by atoms with Crippen molar-refractivity contribution in [3.63, 3.8) is 0 Å². The number of aromatic nitrogens is 1.